The second-order valence-corrected chi connectivity index (χ2v) is 11.5. The molecule has 3 aromatic rings. The van der Waals surface area contributed by atoms with E-state index < -0.39 is 6.23 Å². The summed E-state index contributed by atoms with van der Waals surface area (Å²) < 4.78 is 5.45. The van der Waals surface area contributed by atoms with Crippen molar-refractivity contribution >= 4 is 23.5 Å². The van der Waals surface area contributed by atoms with Gasteiger partial charge in [0.25, 0.3) is 5.91 Å². The fraction of sp³-hybridized carbons (Fsp3) is 0.452. The fourth-order valence-electron chi connectivity index (χ4n) is 6.26. The van der Waals surface area contributed by atoms with Crippen molar-refractivity contribution in [2.24, 2.45) is 5.73 Å². The maximum atomic E-state index is 13.8. The van der Waals surface area contributed by atoms with E-state index in [0.29, 0.717) is 48.4 Å². The highest BCUT2D eigenvalue weighted by molar-refractivity contribution is 6.33. The molecule has 2 aromatic carbocycles. The summed E-state index contributed by atoms with van der Waals surface area (Å²) >= 11 is 6.55. The van der Waals surface area contributed by atoms with Crippen LogP contribution in [0.2, 0.25) is 5.02 Å². The van der Waals surface area contributed by atoms with E-state index in [1.165, 1.54) is 11.1 Å². The SMILES string of the molecule is NCCC1c2ccc(-c3nc(NC4CCOCC4)ncc3Cl)cc2C(=O)N1CC(O)N1CCc2ccccc2CC1. The van der Waals surface area contributed by atoms with Crippen LogP contribution in [0.5, 0.6) is 0 Å². The van der Waals surface area contributed by atoms with Crippen LogP contribution in [-0.4, -0.2) is 82.4 Å². The second-order valence-electron chi connectivity index (χ2n) is 11.1. The smallest absolute Gasteiger partial charge is 0.254 e. The van der Waals surface area contributed by atoms with Gasteiger partial charge in [-0.05, 0) is 61.4 Å². The molecule has 216 valence electrons. The molecule has 9 nitrogen and oxygen atoms in total. The molecular weight excluding hydrogens is 540 g/mol. The number of β-amino-alcohol motifs (C(OH)–C–C–N with tert-alkyl or cyclic N) is 1. The Morgan fingerprint density at radius 2 is 1.85 bits per heavy atom. The van der Waals surface area contributed by atoms with Crippen molar-refractivity contribution in [1.82, 2.24) is 19.8 Å². The molecule has 1 saturated heterocycles. The van der Waals surface area contributed by atoms with Crippen molar-refractivity contribution < 1.29 is 14.6 Å². The van der Waals surface area contributed by atoms with Crippen molar-refractivity contribution in [3.8, 4) is 11.3 Å². The lowest BCUT2D eigenvalue weighted by molar-refractivity contribution is -0.0214. The molecule has 1 amide bonds. The molecule has 3 aliphatic heterocycles. The molecule has 3 aliphatic rings. The summed E-state index contributed by atoms with van der Waals surface area (Å²) in [7, 11) is 0. The Morgan fingerprint density at radius 1 is 1.12 bits per heavy atom. The molecule has 1 aromatic heterocycles. The minimum absolute atomic E-state index is 0.108. The van der Waals surface area contributed by atoms with E-state index in [0.717, 1.165) is 49.9 Å². The second kappa shape index (κ2) is 12.4. The Bertz CT molecular complexity index is 1370. The number of nitrogens with one attached hydrogen (secondary N) is 1. The molecule has 0 aliphatic carbocycles. The molecule has 2 unspecified atom stereocenters. The van der Waals surface area contributed by atoms with Crippen LogP contribution in [0.15, 0.2) is 48.7 Å². The van der Waals surface area contributed by atoms with Gasteiger partial charge in [0.15, 0.2) is 0 Å². The molecule has 6 rings (SSSR count). The van der Waals surface area contributed by atoms with Gasteiger partial charge in [0.1, 0.15) is 6.23 Å². The van der Waals surface area contributed by atoms with E-state index in [4.69, 9.17) is 27.1 Å². The average molecular weight is 577 g/mol. The molecule has 0 bridgehead atoms. The van der Waals surface area contributed by atoms with Gasteiger partial charge in [-0.1, -0.05) is 48.0 Å². The number of amides is 1. The lowest BCUT2D eigenvalue weighted by Gasteiger charge is -2.32. The topological polar surface area (TPSA) is 117 Å². The first-order valence-electron chi connectivity index (χ1n) is 14.5. The maximum Gasteiger partial charge on any atom is 0.254 e. The van der Waals surface area contributed by atoms with Gasteiger partial charge in [-0.2, -0.15) is 0 Å². The van der Waals surface area contributed by atoms with E-state index in [9.17, 15) is 9.90 Å². The number of hydrogen-bond acceptors (Lipinski definition) is 8. The van der Waals surface area contributed by atoms with Crippen LogP contribution in [0.25, 0.3) is 11.3 Å². The minimum atomic E-state index is -0.766. The molecule has 2 atom stereocenters. The Balaban J connectivity index is 1.21. The number of anilines is 1. The van der Waals surface area contributed by atoms with E-state index in [-0.39, 0.29) is 24.5 Å². The van der Waals surface area contributed by atoms with Gasteiger partial charge in [-0.25, -0.2) is 9.97 Å². The largest absolute Gasteiger partial charge is 0.381 e. The van der Waals surface area contributed by atoms with Gasteiger partial charge < -0.3 is 25.8 Å². The number of rotatable bonds is 8. The van der Waals surface area contributed by atoms with Crippen LogP contribution >= 0.6 is 11.6 Å². The highest BCUT2D eigenvalue weighted by Gasteiger charge is 2.38. The number of ether oxygens (including phenoxy) is 1. The van der Waals surface area contributed by atoms with E-state index in [1.54, 1.807) is 11.1 Å². The number of benzene rings is 2. The van der Waals surface area contributed by atoms with Crippen LogP contribution in [0.4, 0.5) is 5.95 Å². The van der Waals surface area contributed by atoms with Crippen LogP contribution in [0.3, 0.4) is 0 Å². The third kappa shape index (κ3) is 5.96. The van der Waals surface area contributed by atoms with Crippen molar-refractivity contribution in [3.05, 3.63) is 75.9 Å². The number of nitrogens with two attached hydrogens (primary N) is 1. The van der Waals surface area contributed by atoms with Crippen molar-refractivity contribution in [1.29, 1.82) is 0 Å². The number of aliphatic hydroxyl groups is 1. The van der Waals surface area contributed by atoms with Crippen LogP contribution < -0.4 is 11.1 Å². The van der Waals surface area contributed by atoms with Gasteiger partial charge in [-0.15, -0.1) is 0 Å². The first kappa shape index (κ1) is 28.1. The van der Waals surface area contributed by atoms with Gasteiger partial charge in [-0.3, -0.25) is 9.69 Å². The number of aromatic nitrogens is 2. The number of carbonyl (C=O) groups excluding carboxylic acids is 1. The van der Waals surface area contributed by atoms with Crippen molar-refractivity contribution in [2.45, 2.75) is 50.4 Å². The number of carbonyl (C=O) groups is 1. The monoisotopic (exact) mass is 576 g/mol. The molecular formula is C31H37ClN6O3. The summed E-state index contributed by atoms with van der Waals surface area (Å²) in [6.45, 7) is 3.57. The third-order valence-corrected chi connectivity index (χ3v) is 8.81. The summed E-state index contributed by atoms with van der Waals surface area (Å²) in [5.74, 6) is 0.400. The molecule has 10 heteroatoms. The Morgan fingerprint density at radius 3 is 2.56 bits per heavy atom. The summed E-state index contributed by atoms with van der Waals surface area (Å²) in [6, 6.07) is 14.3. The predicted octanol–water partition coefficient (Wildman–Crippen LogP) is 3.65. The molecule has 1 fully saturated rings. The van der Waals surface area contributed by atoms with Crippen LogP contribution in [0, 0.1) is 0 Å². The van der Waals surface area contributed by atoms with E-state index in [2.05, 4.69) is 39.5 Å². The zero-order valence-corrected chi connectivity index (χ0v) is 23.9. The zero-order valence-electron chi connectivity index (χ0n) is 23.1. The predicted molar refractivity (Wildman–Crippen MR) is 159 cm³/mol. The van der Waals surface area contributed by atoms with Crippen LogP contribution in [-0.2, 0) is 17.6 Å². The lowest BCUT2D eigenvalue weighted by atomic mass is 9.98. The number of hydrogen-bond donors (Lipinski definition) is 3. The normalized spacial score (nSPS) is 20.4. The Labute approximate surface area is 245 Å². The standard InChI is InChI=1S/C31H37ClN6O3/c32-26-18-34-31(35-23-10-15-41-16-11-23)36-29(26)22-5-6-24-25(17-22)30(40)38(27(24)7-12-33)19-28(39)37-13-8-20-3-1-2-4-21(20)9-14-37/h1-6,17-18,23,27-28,39H,7-16,19,33H2,(H,34,35,36). The van der Waals surface area contributed by atoms with Gasteiger partial charge >= 0.3 is 0 Å². The van der Waals surface area contributed by atoms with Gasteiger partial charge in [0.05, 0.1) is 29.5 Å². The van der Waals surface area contributed by atoms with E-state index >= 15 is 0 Å². The first-order valence-corrected chi connectivity index (χ1v) is 14.9. The highest BCUT2D eigenvalue weighted by Crippen LogP contribution is 2.39. The molecule has 0 saturated carbocycles. The average Bonchev–Trinajstić information content (AvgIpc) is 3.13. The summed E-state index contributed by atoms with van der Waals surface area (Å²) in [4.78, 5) is 26.8. The molecule has 41 heavy (non-hydrogen) atoms. The fourth-order valence-corrected chi connectivity index (χ4v) is 6.46. The number of fused-ring (bicyclic) bond motifs is 2. The van der Waals surface area contributed by atoms with Crippen molar-refractivity contribution in [3.63, 3.8) is 0 Å². The summed E-state index contributed by atoms with van der Waals surface area (Å²) in [5.41, 5.74) is 11.5. The molecule has 0 radical (unpaired) electrons. The van der Waals surface area contributed by atoms with Crippen LogP contribution in [0.1, 0.15) is 52.4 Å². The first-order chi connectivity index (χ1) is 20.0. The molecule has 0 spiro atoms. The quantitative estimate of drug-likeness (QED) is 0.372. The lowest BCUT2D eigenvalue weighted by Crippen LogP contribution is -2.46. The zero-order chi connectivity index (χ0) is 28.3. The number of aliphatic hydroxyl groups excluding tert-OH is 1. The Kier molecular flexibility index (Phi) is 8.50. The van der Waals surface area contributed by atoms with Gasteiger partial charge in [0.2, 0.25) is 5.95 Å². The molecule has 4 heterocycles. The minimum Gasteiger partial charge on any atom is -0.381 e. The number of nitrogens with zero attached hydrogens (tertiary/aromatic N) is 4. The number of halogens is 1. The summed E-state index contributed by atoms with van der Waals surface area (Å²) in [6.07, 6.45) is 4.98. The summed E-state index contributed by atoms with van der Waals surface area (Å²) in [5, 5.41) is 15.1. The van der Waals surface area contributed by atoms with Gasteiger partial charge in [0, 0.05) is 43.5 Å². The maximum absolute atomic E-state index is 13.8. The highest BCUT2D eigenvalue weighted by atomic mass is 35.5. The third-order valence-electron chi connectivity index (χ3n) is 8.53. The molecule has 4 N–H and O–H groups in total. The Hall–Kier alpha value is -3.08. The van der Waals surface area contributed by atoms with E-state index in [1.807, 2.05) is 18.2 Å². The van der Waals surface area contributed by atoms with Crippen molar-refractivity contribution in [2.75, 3.05) is 44.7 Å².